The molecule has 27 heavy (non-hydrogen) atoms. The molecule has 0 radical (unpaired) electrons. The second-order valence-corrected chi connectivity index (χ2v) is 8.60. The number of hydrogen-bond donors (Lipinski definition) is 1. The third kappa shape index (κ3) is 2.95. The van der Waals surface area contributed by atoms with E-state index in [1.54, 1.807) is 23.9 Å². The largest absolute Gasteiger partial charge is 0.331 e. The Kier molecular flexibility index (Phi) is 4.02. The van der Waals surface area contributed by atoms with Crippen LogP contribution in [0.15, 0.2) is 35.4 Å². The smallest absolute Gasteiger partial charge is 0.256 e. The maximum absolute atomic E-state index is 13.5. The zero-order valence-electron chi connectivity index (χ0n) is 15.4. The van der Waals surface area contributed by atoms with Gasteiger partial charge >= 0.3 is 0 Å². The highest BCUT2D eigenvalue weighted by Crippen LogP contribution is 2.56. The van der Waals surface area contributed by atoms with E-state index in [4.69, 9.17) is 0 Å². The van der Waals surface area contributed by atoms with Crippen LogP contribution >= 0.6 is 11.3 Å². The molecule has 1 atom stereocenters. The van der Waals surface area contributed by atoms with Crippen LogP contribution in [0.4, 0.5) is 0 Å². The van der Waals surface area contributed by atoms with Crippen LogP contribution in [0.5, 0.6) is 0 Å². The highest BCUT2D eigenvalue weighted by atomic mass is 32.1. The molecule has 1 saturated carbocycles. The van der Waals surface area contributed by atoms with Gasteiger partial charge in [0.25, 0.3) is 5.91 Å². The first-order valence-corrected chi connectivity index (χ1v) is 10.4. The van der Waals surface area contributed by atoms with Gasteiger partial charge in [-0.25, -0.2) is 9.97 Å². The van der Waals surface area contributed by atoms with Gasteiger partial charge in [-0.15, -0.1) is 0 Å². The Morgan fingerprint density at radius 1 is 1.41 bits per heavy atom. The van der Waals surface area contributed by atoms with Crippen molar-refractivity contribution in [3.8, 4) is 0 Å². The maximum Gasteiger partial charge on any atom is 0.256 e. The number of rotatable bonds is 4. The number of piperidine rings is 1. The van der Waals surface area contributed by atoms with Crippen LogP contribution in [0.2, 0.25) is 0 Å². The molecule has 3 aromatic rings. The van der Waals surface area contributed by atoms with Crippen molar-refractivity contribution in [2.45, 2.75) is 31.8 Å². The number of pyridine rings is 1. The summed E-state index contributed by atoms with van der Waals surface area (Å²) in [5, 5.41) is 7.66. The highest BCUT2D eigenvalue weighted by molar-refractivity contribution is 7.07. The Balaban J connectivity index is 1.46. The number of carbonyl (C=O) groups is 1. The molecule has 4 heterocycles. The number of nitrogens with zero attached hydrogens (tertiary/aromatic N) is 4. The van der Waals surface area contributed by atoms with E-state index < -0.39 is 0 Å². The number of aryl methyl sites for hydroxylation is 1. The first kappa shape index (κ1) is 16.9. The standard InChI is InChI=1S/C20H23N5OS/c1-24-13-23-16-8-15(10-22-18(16)24)19(26)25(11-14-2-7-27-12-14)17-9-20(17)3-5-21-6-4-20/h2,7-8,10,12-13,17,21H,3-6,9,11H2,1H3. The molecule has 7 heteroatoms. The van der Waals surface area contributed by atoms with Gasteiger partial charge in [0, 0.05) is 25.8 Å². The fourth-order valence-electron chi connectivity index (χ4n) is 4.43. The number of carbonyl (C=O) groups excluding carboxylic acids is 1. The second-order valence-electron chi connectivity index (χ2n) is 7.82. The fraction of sp³-hybridized carbons (Fsp3) is 0.450. The van der Waals surface area contributed by atoms with Crippen LogP contribution in [0.25, 0.3) is 11.2 Å². The van der Waals surface area contributed by atoms with Gasteiger partial charge in [0.1, 0.15) is 5.52 Å². The van der Waals surface area contributed by atoms with E-state index in [2.05, 4.69) is 37.0 Å². The molecule has 5 rings (SSSR count). The predicted octanol–water partition coefficient (Wildman–Crippen LogP) is 2.81. The summed E-state index contributed by atoms with van der Waals surface area (Å²) >= 11 is 1.68. The van der Waals surface area contributed by atoms with E-state index >= 15 is 0 Å². The topological polar surface area (TPSA) is 63.1 Å². The van der Waals surface area contributed by atoms with Gasteiger partial charge in [-0.2, -0.15) is 11.3 Å². The molecule has 2 fully saturated rings. The highest BCUT2D eigenvalue weighted by Gasteiger charge is 2.57. The molecule has 1 amide bonds. The van der Waals surface area contributed by atoms with E-state index in [0.29, 0.717) is 23.6 Å². The Morgan fingerprint density at radius 2 is 2.26 bits per heavy atom. The molecule has 6 nitrogen and oxygen atoms in total. The van der Waals surface area contributed by atoms with E-state index in [1.165, 1.54) is 5.56 Å². The number of hydrogen-bond acceptors (Lipinski definition) is 5. The molecule has 3 aromatic heterocycles. The van der Waals surface area contributed by atoms with Crippen molar-refractivity contribution in [3.63, 3.8) is 0 Å². The van der Waals surface area contributed by atoms with Crippen LogP contribution in [-0.2, 0) is 13.6 Å². The minimum Gasteiger partial charge on any atom is -0.331 e. The number of nitrogens with one attached hydrogen (secondary N) is 1. The van der Waals surface area contributed by atoms with Gasteiger partial charge in [-0.3, -0.25) is 4.79 Å². The molecule has 1 aliphatic carbocycles. The first-order chi connectivity index (χ1) is 13.2. The second kappa shape index (κ2) is 6.42. The molecule has 1 unspecified atom stereocenters. The van der Waals surface area contributed by atoms with Crippen LogP contribution in [0.3, 0.4) is 0 Å². The lowest BCUT2D eigenvalue weighted by molar-refractivity contribution is 0.0692. The monoisotopic (exact) mass is 381 g/mol. The van der Waals surface area contributed by atoms with Crippen molar-refractivity contribution in [2.24, 2.45) is 12.5 Å². The molecule has 0 bridgehead atoms. The summed E-state index contributed by atoms with van der Waals surface area (Å²) in [4.78, 5) is 24.4. The lowest BCUT2D eigenvalue weighted by Gasteiger charge is -2.29. The summed E-state index contributed by atoms with van der Waals surface area (Å²) in [6.07, 6.45) is 6.86. The lowest BCUT2D eigenvalue weighted by Crippen LogP contribution is -2.39. The molecule has 1 aliphatic heterocycles. The zero-order chi connectivity index (χ0) is 18.4. The molecule has 1 N–H and O–H groups in total. The maximum atomic E-state index is 13.5. The van der Waals surface area contributed by atoms with Gasteiger partial charge in [-0.1, -0.05) is 0 Å². The average molecular weight is 382 g/mol. The lowest BCUT2D eigenvalue weighted by atomic mass is 9.93. The molecule has 1 saturated heterocycles. The molecule has 0 aromatic carbocycles. The fourth-order valence-corrected chi connectivity index (χ4v) is 5.09. The molecular formula is C20H23N5OS. The summed E-state index contributed by atoms with van der Waals surface area (Å²) in [6.45, 7) is 2.78. The van der Waals surface area contributed by atoms with E-state index in [0.717, 1.165) is 43.5 Å². The Hall–Kier alpha value is -2.25. The van der Waals surface area contributed by atoms with Gasteiger partial charge in [0.05, 0.1) is 11.9 Å². The number of thiophene rings is 1. The molecule has 2 aliphatic rings. The Labute approximate surface area is 162 Å². The van der Waals surface area contributed by atoms with Crippen molar-refractivity contribution >= 4 is 28.4 Å². The Morgan fingerprint density at radius 3 is 3.04 bits per heavy atom. The summed E-state index contributed by atoms with van der Waals surface area (Å²) in [7, 11) is 1.91. The summed E-state index contributed by atoms with van der Waals surface area (Å²) in [5.41, 5.74) is 3.71. The SMILES string of the molecule is Cn1cnc2cc(C(=O)N(Cc3ccsc3)C3CC34CCNCC4)cnc21. The molecule has 1 spiro atoms. The number of imidazole rings is 1. The number of amides is 1. The van der Waals surface area contributed by atoms with Gasteiger partial charge in [0.2, 0.25) is 0 Å². The van der Waals surface area contributed by atoms with Crippen molar-refractivity contribution < 1.29 is 4.79 Å². The minimum atomic E-state index is 0.0710. The summed E-state index contributed by atoms with van der Waals surface area (Å²) in [6, 6.07) is 4.32. The number of fused-ring (bicyclic) bond motifs is 1. The number of aromatic nitrogens is 3. The van der Waals surface area contributed by atoms with Crippen LogP contribution in [0.1, 0.15) is 35.2 Å². The normalized spacial score (nSPS) is 20.9. The van der Waals surface area contributed by atoms with E-state index in [-0.39, 0.29) is 5.91 Å². The van der Waals surface area contributed by atoms with Crippen LogP contribution in [-0.4, -0.2) is 44.5 Å². The van der Waals surface area contributed by atoms with E-state index in [9.17, 15) is 4.79 Å². The first-order valence-electron chi connectivity index (χ1n) is 9.46. The predicted molar refractivity (Wildman–Crippen MR) is 106 cm³/mol. The van der Waals surface area contributed by atoms with Crippen LogP contribution < -0.4 is 5.32 Å². The van der Waals surface area contributed by atoms with Crippen LogP contribution in [0, 0.1) is 5.41 Å². The minimum absolute atomic E-state index is 0.0710. The van der Waals surface area contributed by atoms with Gasteiger partial charge < -0.3 is 14.8 Å². The third-order valence-electron chi connectivity index (χ3n) is 6.11. The van der Waals surface area contributed by atoms with Crippen molar-refractivity contribution in [1.29, 1.82) is 0 Å². The molecular weight excluding hydrogens is 358 g/mol. The summed E-state index contributed by atoms with van der Waals surface area (Å²) < 4.78 is 1.87. The average Bonchev–Trinajstić information content (AvgIpc) is 3.04. The van der Waals surface area contributed by atoms with Crippen molar-refractivity contribution in [3.05, 3.63) is 46.5 Å². The van der Waals surface area contributed by atoms with Crippen molar-refractivity contribution in [1.82, 2.24) is 24.8 Å². The van der Waals surface area contributed by atoms with Gasteiger partial charge in [-0.05, 0) is 66.2 Å². The molecule has 140 valence electrons. The summed E-state index contributed by atoms with van der Waals surface area (Å²) in [5.74, 6) is 0.0710. The Bertz CT molecular complexity index is 974. The zero-order valence-corrected chi connectivity index (χ0v) is 16.2. The van der Waals surface area contributed by atoms with Crippen molar-refractivity contribution in [2.75, 3.05) is 13.1 Å². The van der Waals surface area contributed by atoms with E-state index in [1.807, 2.05) is 17.7 Å². The quantitative estimate of drug-likeness (QED) is 0.755. The van der Waals surface area contributed by atoms with Gasteiger partial charge in [0.15, 0.2) is 5.65 Å². The third-order valence-corrected chi connectivity index (χ3v) is 6.85.